The number of aromatic nitrogens is 3. The van der Waals surface area contributed by atoms with Crippen molar-refractivity contribution in [2.75, 3.05) is 66.7 Å². The molecule has 5 N–H and O–H groups in total. The van der Waals surface area contributed by atoms with Gasteiger partial charge in [0.05, 0.1) is 23.2 Å². The number of amides is 4. The van der Waals surface area contributed by atoms with E-state index in [0.29, 0.717) is 43.2 Å². The molecule has 0 aliphatic carbocycles. The Bertz CT molecular complexity index is 2460. The molecular formula is C45H46F3N11O4. The third kappa shape index (κ3) is 10.8. The molecule has 3 aromatic carbocycles. The Morgan fingerprint density at radius 1 is 0.714 bits per heavy atom. The van der Waals surface area contributed by atoms with Crippen molar-refractivity contribution in [3.63, 3.8) is 0 Å². The predicted octanol–water partition coefficient (Wildman–Crippen LogP) is 6.12. The SMILES string of the molecule is O=C1CCC(c2ccc(N3CCN(CCC4CCN(NC(=O)c5ccc(Nc6ncc(F)c(Nc7ccc(NC(=O)c8ccccc8F)cc7)n6)cc5F)CC4)CC3)nc2)C(=O)N1. The van der Waals surface area contributed by atoms with E-state index in [4.69, 9.17) is 0 Å². The summed E-state index contributed by atoms with van der Waals surface area (Å²) < 4.78 is 43.9. The molecule has 0 saturated carbocycles. The quantitative estimate of drug-likeness (QED) is 0.0860. The van der Waals surface area contributed by atoms with Gasteiger partial charge in [-0.3, -0.25) is 34.8 Å². The van der Waals surface area contributed by atoms with Gasteiger partial charge in [0.15, 0.2) is 11.6 Å². The van der Waals surface area contributed by atoms with Crippen LogP contribution in [0.2, 0.25) is 0 Å². The van der Waals surface area contributed by atoms with Gasteiger partial charge in [0.2, 0.25) is 17.8 Å². The molecule has 3 aliphatic rings. The van der Waals surface area contributed by atoms with Crippen LogP contribution in [0.3, 0.4) is 0 Å². The van der Waals surface area contributed by atoms with Gasteiger partial charge in [0, 0.05) is 68.9 Å². The summed E-state index contributed by atoms with van der Waals surface area (Å²) in [5.41, 5.74) is 4.52. The maximum Gasteiger partial charge on any atom is 0.268 e. The molecular weight excluding hydrogens is 816 g/mol. The number of piperazine rings is 1. The predicted molar refractivity (Wildman–Crippen MR) is 230 cm³/mol. The average molecular weight is 862 g/mol. The standard InChI is InChI=1S/C45H46F3N11O4/c46-36-4-2-1-3-34(36)43(62)52-31-8-6-30(7-9-31)51-41-38(48)27-50-45(55-41)53-32-10-11-35(37(47)25-32)44(63)56-59-19-16-28(17-20-59)15-18-57-21-23-58(24-22-57)39-13-5-29(26-49-39)33-12-14-40(60)54-42(33)61/h1-11,13,25-28,33H,12,14-24H2,(H,52,62)(H,56,63)(H,54,60,61)(H2,50,51,53,55). The molecule has 3 aliphatic heterocycles. The number of hydrogen-bond acceptors (Lipinski definition) is 12. The van der Waals surface area contributed by atoms with Gasteiger partial charge in [-0.2, -0.15) is 4.98 Å². The molecule has 0 spiro atoms. The summed E-state index contributed by atoms with van der Waals surface area (Å²) in [5.74, 6) is -2.95. The molecule has 3 fully saturated rings. The van der Waals surface area contributed by atoms with Crippen LogP contribution in [0.1, 0.15) is 64.3 Å². The highest BCUT2D eigenvalue weighted by molar-refractivity contribution is 6.04. The van der Waals surface area contributed by atoms with Crippen molar-refractivity contribution in [3.8, 4) is 0 Å². The van der Waals surface area contributed by atoms with E-state index in [2.05, 4.69) is 51.4 Å². The Kier molecular flexibility index (Phi) is 13.2. The van der Waals surface area contributed by atoms with Crippen LogP contribution in [0.5, 0.6) is 0 Å². The van der Waals surface area contributed by atoms with Crippen LogP contribution in [-0.2, 0) is 9.59 Å². The van der Waals surface area contributed by atoms with Gasteiger partial charge >= 0.3 is 0 Å². The first-order valence-corrected chi connectivity index (χ1v) is 20.9. The average Bonchev–Trinajstić information content (AvgIpc) is 3.28. The number of nitrogens with zero attached hydrogens (tertiary/aromatic N) is 6. The van der Waals surface area contributed by atoms with E-state index in [9.17, 15) is 28.0 Å². The topological polar surface area (TPSA) is 177 Å². The van der Waals surface area contributed by atoms with Crippen molar-refractivity contribution in [2.24, 2.45) is 5.92 Å². The fraction of sp³-hybridized carbons (Fsp3) is 0.311. The Labute approximate surface area is 361 Å². The lowest BCUT2D eigenvalue weighted by Crippen LogP contribution is -2.48. The molecule has 1 unspecified atom stereocenters. The largest absolute Gasteiger partial charge is 0.354 e. The van der Waals surface area contributed by atoms with Crippen molar-refractivity contribution in [1.29, 1.82) is 0 Å². The minimum Gasteiger partial charge on any atom is -0.354 e. The first-order chi connectivity index (χ1) is 30.5. The fourth-order valence-electron chi connectivity index (χ4n) is 7.94. The summed E-state index contributed by atoms with van der Waals surface area (Å²) >= 11 is 0. The molecule has 4 amide bonds. The van der Waals surface area contributed by atoms with Crippen LogP contribution in [0.15, 0.2) is 91.3 Å². The smallest absolute Gasteiger partial charge is 0.268 e. The number of anilines is 6. The zero-order chi connectivity index (χ0) is 43.9. The van der Waals surface area contributed by atoms with E-state index < -0.39 is 29.3 Å². The summed E-state index contributed by atoms with van der Waals surface area (Å²) in [6.45, 7) is 5.83. The summed E-state index contributed by atoms with van der Waals surface area (Å²) in [7, 11) is 0. The van der Waals surface area contributed by atoms with Crippen molar-refractivity contribution in [1.82, 2.24) is 35.6 Å². The lowest BCUT2D eigenvalue weighted by Gasteiger charge is -2.37. The second-order valence-corrected chi connectivity index (χ2v) is 15.8. The lowest BCUT2D eigenvalue weighted by atomic mass is 9.92. The molecule has 5 heterocycles. The van der Waals surface area contributed by atoms with Gasteiger partial charge in [-0.05, 0) is 104 Å². The molecule has 15 nitrogen and oxygen atoms in total. The lowest BCUT2D eigenvalue weighted by molar-refractivity contribution is -0.134. The van der Waals surface area contributed by atoms with Gasteiger partial charge < -0.3 is 20.9 Å². The highest BCUT2D eigenvalue weighted by Gasteiger charge is 2.29. The Balaban J connectivity index is 0.752. The van der Waals surface area contributed by atoms with E-state index in [-0.39, 0.29) is 46.3 Å². The highest BCUT2D eigenvalue weighted by Crippen LogP contribution is 2.27. The minimum absolute atomic E-state index is 0.0256. The summed E-state index contributed by atoms with van der Waals surface area (Å²) in [6.07, 6.45) is 6.40. The number of hydrazine groups is 1. The first-order valence-electron chi connectivity index (χ1n) is 20.9. The molecule has 0 radical (unpaired) electrons. The number of halogens is 3. The monoisotopic (exact) mass is 861 g/mol. The van der Waals surface area contributed by atoms with Crippen LogP contribution < -0.4 is 31.6 Å². The molecule has 8 rings (SSSR count). The van der Waals surface area contributed by atoms with Crippen LogP contribution >= 0.6 is 0 Å². The van der Waals surface area contributed by atoms with Gasteiger partial charge in [-0.1, -0.05) is 18.2 Å². The van der Waals surface area contributed by atoms with E-state index in [0.717, 1.165) is 75.6 Å². The molecule has 326 valence electrons. The molecule has 2 aromatic heterocycles. The van der Waals surface area contributed by atoms with E-state index in [1.165, 1.54) is 30.3 Å². The molecule has 1 atom stereocenters. The molecule has 3 saturated heterocycles. The summed E-state index contributed by atoms with van der Waals surface area (Å²) in [5, 5.41) is 12.5. The maximum atomic E-state index is 15.3. The zero-order valence-electron chi connectivity index (χ0n) is 34.3. The third-order valence-corrected chi connectivity index (χ3v) is 11.6. The van der Waals surface area contributed by atoms with Gasteiger partial charge in [-0.15, -0.1) is 0 Å². The summed E-state index contributed by atoms with van der Waals surface area (Å²) in [4.78, 5) is 66.7. The second-order valence-electron chi connectivity index (χ2n) is 15.8. The van der Waals surface area contributed by atoms with E-state index in [1.54, 1.807) is 36.5 Å². The number of benzene rings is 3. The van der Waals surface area contributed by atoms with E-state index >= 15 is 4.39 Å². The number of carbonyl (C=O) groups excluding carboxylic acids is 4. The number of hydrogen-bond donors (Lipinski definition) is 5. The van der Waals surface area contributed by atoms with Crippen LogP contribution in [0.4, 0.5) is 47.8 Å². The Morgan fingerprint density at radius 2 is 1.44 bits per heavy atom. The van der Waals surface area contributed by atoms with Crippen LogP contribution in [-0.4, -0.2) is 94.3 Å². The molecule has 0 bridgehead atoms. The van der Waals surface area contributed by atoms with Crippen LogP contribution in [0.25, 0.3) is 0 Å². The molecule has 63 heavy (non-hydrogen) atoms. The number of carbonyl (C=O) groups is 4. The number of rotatable bonds is 13. The third-order valence-electron chi connectivity index (χ3n) is 11.6. The normalized spacial score (nSPS) is 17.5. The van der Waals surface area contributed by atoms with Crippen molar-refractivity contribution in [2.45, 2.75) is 38.0 Å². The van der Waals surface area contributed by atoms with E-state index in [1.807, 2.05) is 17.1 Å². The fourth-order valence-corrected chi connectivity index (χ4v) is 7.94. The number of imide groups is 1. The van der Waals surface area contributed by atoms with Gasteiger partial charge in [0.1, 0.15) is 17.5 Å². The van der Waals surface area contributed by atoms with Crippen molar-refractivity contribution in [3.05, 3.63) is 125 Å². The zero-order valence-corrected chi connectivity index (χ0v) is 34.3. The minimum atomic E-state index is -0.754. The van der Waals surface area contributed by atoms with Gasteiger partial charge in [-0.25, -0.2) is 28.1 Å². The molecule has 5 aromatic rings. The highest BCUT2D eigenvalue weighted by atomic mass is 19.1. The van der Waals surface area contributed by atoms with Gasteiger partial charge in [0.25, 0.3) is 11.8 Å². The molecule has 18 heteroatoms. The number of pyridine rings is 1. The second kappa shape index (κ2) is 19.4. The maximum absolute atomic E-state index is 15.3. The number of piperidine rings is 2. The number of nitrogens with one attached hydrogen (secondary N) is 5. The van der Waals surface area contributed by atoms with Crippen molar-refractivity contribution >= 4 is 58.3 Å². The summed E-state index contributed by atoms with van der Waals surface area (Å²) in [6, 6.07) is 19.8. The first kappa shape index (κ1) is 42.8. The Hall–Kier alpha value is -6.92. The van der Waals surface area contributed by atoms with Crippen molar-refractivity contribution < 1.29 is 32.3 Å². The Morgan fingerprint density at radius 3 is 2.16 bits per heavy atom. The van der Waals surface area contributed by atoms with Crippen LogP contribution in [0, 0.1) is 23.4 Å².